The van der Waals surface area contributed by atoms with Crippen LogP contribution in [0.5, 0.6) is 11.5 Å². The van der Waals surface area contributed by atoms with E-state index in [1.807, 2.05) is 18.2 Å². The molecule has 27 heavy (non-hydrogen) atoms. The molecule has 0 bridgehead atoms. The van der Waals surface area contributed by atoms with Gasteiger partial charge in [-0.3, -0.25) is 9.59 Å². The Hall–Kier alpha value is -3.48. The van der Waals surface area contributed by atoms with E-state index in [9.17, 15) is 19.8 Å². The van der Waals surface area contributed by atoms with Gasteiger partial charge in [0.1, 0.15) is 11.7 Å². The van der Waals surface area contributed by atoms with Crippen LogP contribution in [0.4, 0.5) is 5.69 Å². The first-order valence-corrected chi connectivity index (χ1v) is 8.74. The number of carbonyl (C=O) groups is 2. The molecule has 2 amide bonds. The highest BCUT2D eigenvalue weighted by Crippen LogP contribution is 2.31. The third kappa shape index (κ3) is 3.19. The minimum Gasteiger partial charge on any atom is -0.504 e. The topological polar surface area (TPSA) is 106 Å². The largest absolute Gasteiger partial charge is 0.504 e. The Labute approximate surface area is 155 Å². The van der Waals surface area contributed by atoms with Gasteiger partial charge in [0.15, 0.2) is 11.5 Å². The van der Waals surface area contributed by atoms with Crippen molar-refractivity contribution in [3.05, 3.63) is 54.2 Å². The van der Waals surface area contributed by atoms with Crippen molar-refractivity contribution < 1.29 is 19.8 Å². The summed E-state index contributed by atoms with van der Waals surface area (Å²) in [7, 11) is 0. The zero-order valence-corrected chi connectivity index (χ0v) is 14.5. The molecule has 2 heterocycles. The van der Waals surface area contributed by atoms with Gasteiger partial charge in [-0.2, -0.15) is 0 Å². The first-order chi connectivity index (χ1) is 13.0. The van der Waals surface area contributed by atoms with Gasteiger partial charge in [0.05, 0.1) is 0 Å². The highest BCUT2D eigenvalue weighted by atomic mass is 16.3. The molecular weight excluding hydrogens is 346 g/mol. The molecule has 7 nitrogen and oxygen atoms in total. The van der Waals surface area contributed by atoms with E-state index in [0.717, 1.165) is 6.42 Å². The normalized spacial score (nSPS) is 16.6. The maximum absolute atomic E-state index is 12.9. The second-order valence-electron chi connectivity index (χ2n) is 6.62. The number of anilines is 1. The summed E-state index contributed by atoms with van der Waals surface area (Å²) in [4.78, 5) is 30.1. The van der Waals surface area contributed by atoms with Gasteiger partial charge >= 0.3 is 0 Å². The molecule has 1 saturated heterocycles. The Morgan fingerprint density at radius 2 is 1.81 bits per heavy atom. The number of benzene rings is 2. The van der Waals surface area contributed by atoms with E-state index in [1.54, 1.807) is 23.1 Å². The number of nitrogens with zero attached hydrogens (tertiary/aromatic N) is 1. The SMILES string of the molecule is O=C(Nc1ccccc1)[C@@H]1CCCN1C(=O)c1cc2cc(O)c(O)cc2[nH]1. The van der Waals surface area contributed by atoms with Crippen LogP contribution in [0.3, 0.4) is 0 Å². The number of aromatic hydroxyl groups is 2. The van der Waals surface area contributed by atoms with Crippen molar-refractivity contribution in [2.45, 2.75) is 18.9 Å². The third-order valence-corrected chi connectivity index (χ3v) is 4.80. The molecule has 138 valence electrons. The van der Waals surface area contributed by atoms with Crippen molar-refractivity contribution >= 4 is 28.4 Å². The molecule has 4 N–H and O–H groups in total. The first kappa shape index (κ1) is 17.0. The zero-order chi connectivity index (χ0) is 19.0. The van der Waals surface area contributed by atoms with E-state index in [1.165, 1.54) is 12.1 Å². The van der Waals surface area contributed by atoms with Gasteiger partial charge in [-0.1, -0.05) is 18.2 Å². The Kier molecular flexibility index (Phi) is 4.19. The Balaban J connectivity index is 1.56. The summed E-state index contributed by atoms with van der Waals surface area (Å²) in [5, 5.41) is 22.7. The Morgan fingerprint density at radius 1 is 1.07 bits per heavy atom. The molecule has 7 heteroatoms. The van der Waals surface area contributed by atoms with Gasteiger partial charge in [-0.15, -0.1) is 0 Å². The Bertz CT molecular complexity index is 974. The molecule has 1 aromatic heterocycles. The number of phenols is 2. The lowest BCUT2D eigenvalue weighted by Crippen LogP contribution is -2.43. The predicted octanol–water partition coefficient (Wildman–Crippen LogP) is 2.82. The van der Waals surface area contributed by atoms with Gasteiger partial charge in [0.25, 0.3) is 5.91 Å². The van der Waals surface area contributed by atoms with Crippen molar-refractivity contribution in [1.82, 2.24) is 9.88 Å². The van der Waals surface area contributed by atoms with Crippen molar-refractivity contribution in [2.75, 3.05) is 11.9 Å². The van der Waals surface area contributed by atoms with Crippen molar-refractivity contribution in [1.29, 1.82) is 0 Å². The molecule has 0 spiro atoms. The number of carbonyl (C=O) groups excluding carboxylic acids is 2. The van der Waals surface area contributed by atoms with Gasteiger partial charge in [0.2, 0.25) is 5.91 Å². The molecule has 0 radical (unpaired) electrons. The van der Waals surface area contributed by atoms with Crippen molar-refractivity contribution in [3.8, 4) is 11.5 Å². The summed E-state index contributed by atoms with van der Waals surface area (Å²) in [6, 6.07) is 13.0. The lowest BCUT2D eigenvalue weighted by molar-refractivity contribution is -0.119. The molecule has 0 saturated carbocycles. The molecular formula is C20H19N3O4. The molecule has 1 aliphatic rings. The average molecular weight is 365 g/mol. The van der Waals surface area contributed by atoms with Crippen LogP contribution < -0.4 is 5.32 Å². The van der Waals surface area contributed by atoms with Crippen molar-refractivity contribution in [3.63, 3.8) is 0 Å². The number of nitrogens with one attached hydrogen (secondary N) is 2. The maximum Gasteiger partial charge on any atom is 0.270 e. The number of H-pyrrole nitrogens is 1. The van der Waals surface area contributed by atoms with Crippen LogP contribution in [0, 0.1) is 0 Å². The first-order valence-electron chi connectivity index (χ1n) is 8.74. The average Bonchev–Trinajstić information content (AvgIpc) is 3.29. The Morgan fingerprint density at radius 3 is 2.59 bits per heavy atom. The van der Waals surface area contributed by atoms with Crippen molar-refractivity contribution in [2.24, 2.45) is 0 Å². The fourth-order valence-electron chi connectivity index (χ4n) is 3.46. The summed E-state index contributed by atoms with van der Waals surface area (Å²) in [6.45, 7) is 0.498. The van der Waals surface area contributed by atoms with Gasteiger partial charge < -0.3 is 25.4 Å². The van der Waals surface area contributed by atoms with E-state index < -0.39 is 6.04 Å². The number of likely N-dealkylation sites (tertiary alicyclic amines) is 1. The van der Waals surface area contributed by atoms with E-state index in [-0.39, 0.29) is 23.3 Å². The van der Waals surface area contributed by atoms with Crippen LogP contribution in [0.25, 0.3) is 10.9 Å². The molecule has 1 atom stereocenters. The number of hydrogen-bond donors (Lipinski definition) is 4. The maximum atomic E-state index is 12.9. The summed E-state index contributed by atoms with van der Waals surface area (Å²) in [5.41, 5.74) is 1.55. The summed E-state index contributed by atoms with van der Waals surface area (Å²) >= 11 is 0. The number of para-hydroxylation sites is 1. The monoisotopic (exact) mass is 365 g/mol. The number of aromatic nitrogens is 1. The van der Waals surface area contributed by atoms with E-state index in [2.05, 4.69) is 10.3 Å². The zero-order valence-electron chi connectivity index (χ0n) is 14.5. The molecule has 4 rings (SSSR count). The van der Waals surface area contributed by atoms with Gasteiger partial charge in [-0.05, 0) is 37.1 Å². The quantitative estimate of drug-likeness (QED) is 0.536. The standard InChI is InChI=1S/C20H19N3O4/c24-17-10-12-9-15(22-14(12)11-18(17)25)20(27)23-8-4-7-16(23)19(26)21-13-5-2-1-3-6-13/h1-3,5-6,9-11,16,22,24-25H,4,7-8H2,(H,21,26)/t16-/m0/s1. The second kappa shape index (κ2) is 6.68. The van der Waals surface area contributed by atoms with Crippen LogP contribution >= 0.6 is 0 Å². The molecule has 1 aliphatic heterocycles. The van der Waals surface area contributed by atoms with E-state index >= 15 is 0 Å². The van der Waals surface area contributed by atoms with E-state index in [4.69, 9.17) is 0 Å². The third-order valence-electron chi connectivity index (χ3n) is 4.80. The van der Waals surface area contributed by atoms with Crippen LogP contribution in [0.15, 0.2) is 48.5 Å². The number of aromatic amines is 1. The van der Waals surface area contributed by atoms with Crippen LogP contribution in [0.1, 0.15) is 23.3 Å². The highest BCUT2D eigenvalue weighted by Gasteiger charge is 2.35. The molecule has 1 fully saturated rings. The lowest BCUT2D eigenvalue weighted by Gasteiger charge is -2.23. The number of hydrogen-bond acceptors (Lipinski definition) is 4. The van der Waals surface area contributed by atoms with E-state index in [0.29, 0.717) is 35.2 Å². The minimum atomic E-state index is -0.536. The summed E-state index contributed by atoms with van der Waals surface area (Å²) in [5.74, 6) is -0.999. The molecule has 3 aromatic rings. The summed E-state index contributed by atoms with van der Waals surface area (Å²) < 4.78 is 0. The fraction of sp³-hybridized carbons (Fsp3) is 0.200. The number of rotatable bonds is 3. The van der Waals surface area contributed by atoms with Gasteiger partial charge in [-0.25, -0.2) is 0 Å². The highest BCUT2D eigenvalue weighted by molar-refractivity contribution is 6.03. The number of amides is 2. The van der Waals surface area contributed by atoms with Crippen LogP contribution in [-0.2, 0) is 4.79 Å². The smallest absolute Gasteiger partial charge is 0.270 e. The number of phenolic OH excluding ortho intramolecular Hbond substituents is 2. The van der Waals surface area contributed by atoms with Gasteiger partial charge in [0, 0.05) is 29.2 Å². The fourth-order valence-corrected chi connectivity index (χ4v) is 3.46. The predicted molar refractivity (Wildman–Crippen MR) is 101 cm³/mol. The summed E-state index contributed by atoms with van der Waals surface area (Å²) in [6.07, 6.45) is 1.35. The van der Waals surface area contributed by atoms with Crippen LogP contribution in [-0.4, -0.2) is 44.5 Å². The van der Waals surface area contributed by atoms with Crippen LogP contribution in [0.2, 0.25) is 0 Å². The molecule has 0 aliphatic carbocycles. The molecule has 2 aromatic carbocycles. The second-order valence-corrected chi connectivity index (χ2v) is 6.62. The molecule has 0 unspecified atom stereocenters. The minimum absolute atomic E-state index is 0.210. The number of fused-ring (bicyclic) bond motifs is 1. The lowest BCUT2D eigenvalue weighted by atomic mass is 10.2.